The first kappa shape index (κ1) is 19.9. The van der Waals surface area contributed by atoms with Gasteiger partial charge in [0.1, 0.15) is 11.3 Å². The first-order valence-electron chi connectivity index (χ1n) is 11.1. The molecule has 2 aliphatic rings. The maximum absolute atomic E-state index is 15.1. The van der Waals surface area contributed by atoms with Crippen LogP contribution in [-0.2, 0) is 6.42 Å². The van der Waals surface area contributed by atoms with Gasteiger partial charge in [-0.2, -0.15) is 0 Å². The molecular formula is C27H30FN3. The van der Waals surface area contributed by atoms with Gasteiger partial charge in [0.05, 0.1) is 11.2 Å². The second-order valence-electron chi connectivity index (χ2n) is 9.17. The third-order valence-electron chi connectivity index (χ3n) is 6.48. The fraction of sp³-hybridized carbons (Fsp3) is 0.333. The van der Waals surface area contributed by atoms with Crippen LogP contribution >= 0.6 is 0 Å². The quantitative estimate of drug-likeness (QED) is 0.458. The van der Waals surface area contributed by atoms with E-state index in [1.807, 2.05) is 13.1 Å². The molecule has 0 radical (unpaired) electrons. The summed E-state index contributed by atoms with van der Waals surface area (Å²) < 4.78 is 17.2. The Bertz CT molecular complexity index is 1310. The number of imidazole rings is 1. The summed E-state index contributed by atoms with van der Waals surface area (Å²) in [5, 5.41) is 0. The van der Waals surface area contributed by atoms with Crippen LogP contribution < -0.4 is 0 Å². The minimum Gasteiger partial charge on any atom is -0.326 e. The molecule has 31 heavy (non-hydrogen) atoms. The van der Waals surface area contributed by atoms with E-state index in [1.165, 1.54) is 11.1 Å². The van der Waals surface area contributed by atoms with E-state index >= 15 is 4.39 Å². The first-order valence-corrected chi connectivity index (χ1v) is 11.1. The minimum atomic E-state index is -0.267. The predicted molar refractivity (Wildman–Crippen MR) is 127 cm³/mol. The Kier molecular flexibility index (Phi) is 4.69. The van der Waals surface area contributed by atoms with E-state index in [0.717, 1.165) is 52.1 Å². The molecule has 0 saturated heterocycles. The summed E-state index contributed by atoms with van der Waals surface area (Å²) in [6, 6.07) is 6.15. The lowest BCUT2D eigenvalue weighted by Gasteiger charge is -2.18. The van der Waals surface area contributed by atoms with E-state index < -0.39 is 0 Å². The summed E-state index contributed by atoms with van der Waals surface area (Å²) in [5.74, 6) is 1.15. The lowest BCUT2D eigenvalue weighted by Crippen LogP contribution is -2.03. The molecule has 2 heterocycles. The highest BCUT2D eigenvalue weighted by Gasteiger charge is 2.22. The van der Waals surface area contributed by atoms with Crippen molar-refractivity contribution >= 4 is 22.2 Å². The van der Waals surface area contributed by atoms with Crippen molar-refractivity contribution in [2.24, 2.45) is 5.92 Å². The Morgan fingerprint density at radius 3 is 2.65 bits per heavy atom. The van der Waals surface area contributed by atoms with Gasteiger partial charge < -0.3 is 4.57 Å². The van der Waals surface area contributed by atoms with E-state index in [0.29, 0.717) is 11.4 Å². The van der Waals surface area contributed by atoms with Crippen molar-refractivity contribution in [3.05, 3.63) is 82.2 Å². The summed E-state index contributed by atoms with van der Waals surface area (Å²) in [6.07, 6.45) is 10.6. The molecule has 3 nitrogen and oxygen atoms in total. The summed E-state index contributed by atoms with van der Waals surface area (Å²) in [6.45, 7) is 10.6. The number of aromatic nitrogens is 3. The van der Waals surface area contributed by atoms with Crippen LogP contribution in [0.4, 0.5) is 4.39 Å². The number of pyridine rings is 1. The van der Waals surface area contributed by atoms with Crippen molar-refractivity contribution < 1.29 is 5.82 Å². The van der Waals surface area contributed by atoms with E-state index in [9.17, 15) is 0 Å². The van der Waals surface area contributed by atoms with Gasteiger partial charge in [-0.15, -0.1) is 0 Å². The van der Waals surface area contributed by atoms with Gasteiger partial charge in [-0.05, 0) is 80.5 Å². The van der Waals surface area contributed by atoms with Gasteiger partial charge in [0.25, 0.3) is 0 Å². The topological polar surface area (TPSA) is 30.7 Å². The number of allylic oxidation sites excluding steroid dienone is 5. The standard InChI is InChI=1S/C27H28FN3.H2/c1-15(2)31-18(5)30-27-24(28)12-19(13-26(27)31)22-8-9-25-23(22)11-20(14-29-25)21-7-6-16(3)10-17(21)4;/h7-8,10-16H,6,9H2,1-5H3;1H. The molecular weight excluding hydrogens is 385 g/mol. The van der Waals surface area contributed by atoms with Gasteiger partial charge in [-0.1, -0.05) is 25.2 Å². The van der Waals surface area contributed by atoms with Crippen LogP contribution in [0.1, 0.15) is 69.8 Å². The average molecular weight is 416 g/mol. The zero-order valence-electron chi connectivity index (χ0n) is 18.8. The number of hydrogen-bond acceptors (Lipinski definition) is 2. The van der Waals surface area contributed by atoms with E-state index in [2.05, 4.69) is 67.6 Å². The third-order valence-corrected chi connectivity index (χ3v) is 6.48. The molecule has 0 spiro atoms. The molecule has 0 aliphatic heterocycles. The molecule has 1 aromatic carbocycles. The molecule has 0 saturated carbocycles. The van der Waals surface area contributed by atoms with Crippen molar-refractivity contribution in [2.75, 3.05) is 0 Å². The zero-order chi connectivity index (χ0) is 21.9. The molecule has 2 aromatic heterocycles. The highest BCUT2D eigenvalue weighted by atomic mass is 19.1. The smallest absolute Gasteiger partial charge is 0.151 e. The van der Waals surface area contributed by atoms with E-state index in [4.69, 9.17) is 4.98 Å². The van der Waals surface area contributed by atoms with Crippen molar-refractivity contribution in [1.82, 2.24) is 14.5 Å². The van der Waals surface area contributed by atoms with Gasteiger partial charge >= 0.3 is 0 Å². The Hall–Kier alpha value is -3.01. The lowest BCUT2D eigenvalue weighted by atomic mass is 9.88. The average Bonchev–Trinajstić information content (AvgIpc) is 3.28. The maximum Gasteiger partial charge on any atom is 0.151 e. The van der Waals surface area contributed by atoms with E-state index in [-0.39, 0.29) is 13.3 Å². The third kappa shape index (κ3) is 3.25. The van der Waals surface area contributed by atoms with Gasteiger partial charge in [-0.25, -0.2) is 9.37 Å². The van der Waals surface area contributed by atoms with Crippen molar-refractivity contribution in [3.8, 4) is 0 Å². The lowest BCUT2D eigenvalue weighted by molar-refractivity contribution is 0.600. The number of hydrogen-bond donors (Lipinski definition) is 0. The summed E-state index contributed by atoms with van der Waals surface area (Å²) in [4.78, 5) is 9.24. The van der Waals surface area contributed by atoms with Crippen LogP contribution in [0.25, 0.3) is 22.2 Å². The van der Waals surface area contributed by atoms with Crippen LogP contribution in [0.2, 0.25) is 0 Å². The first-order chi connectivity index (χ1) is 14.8. The molecule has 4 heteroatoms. The number of nitrogens with zero attached hydrogens (tertiary/aromatic N) is 3. The molecule has 1 atom stereocenters. The summed E-state index contributed by atoms with van der Waals surface area (Å²) >= 11 is 0. The number of aryl methyl sites for hydroxylation is 1. The Balaban J connectivity index is 0.00000245. The molecule has 5 rings (SSSR count). The molecule has 2 aliphatic carbocycles. The Morgan fingerprint density at radius 1 is 1.10 bits per heavy atom. The fourth-order valence-corrected chi connectivity index (χ4v) is 5.09. The second kappa shape index (κ2) is 7.30. The minimum absolute atomic E-state index is 0. The van der Waals surface area contributed by atoms with Crippen molar-refractivity contribution in [1.29, 1.82) is 0 Å². The number of benzene rings is 1. The second-order valence-corrected chi connectivity index (χ2v) is 9.17. The molecule has 3 aromatic rings. The van der Waals surface area contributed by atoms with Crippen molar-refractivity contribution in [2.45, 2.75) is 53.5 Å². The molecule has 0 amide bonds. The highest BCUT2D eigenvalue weighted by molar-refractivity contribution is 5.91. The SMILES string of the molecule is CC1=CC(C)CC=C1c1cnc2c(c1)C(c1cc(F)c3nc(C)n(C(C)C)c3c1)=CC2.[HH]. The predicted octanol–water partition coefficient (Wildman–Crippen LogP) is 7.06. The zero-order valence-corrected chi connectivity index (χ0v) is 18.8. The Morgan fingerprint density at radius 2 is 1.90 bits per heavy atom. The van der Waals surface area contributed by atoms with E-state index in [1.54, 1.807) is 6.07 Å². The van der Waals surface area contributed by atoms with Gasteiger partial charge in [-0.3, -0.25) is 4.98 Å². The molecule has 0 N–H and O–H groups in total. The summed E-state index contributed by atoms with van der Waals surface area (Å²) in [7, 11) is 0. The van der Waals surface area contributed by atoms with Gasteiger partial charge in [0.2, 0.25) is 0 Å². The number of halogens is 1. The molecule has 0 fully saturated rings. The Labute approximate surface area is 184 Å². The summed E-state index contributed by atoms with van der Waals surface area (Å²) in [5.41, 5.74) is 9.11. The van der Waals surface area contributed by atoms with Crippen LogP contribution in [-0.4, -0.2) is 14.5 Å². The number of fused-ring (bicyclic) bond motifs is 2. The number of rotatable bonds is 3. The van der Waals surface area contributed by atoms with Crippen molar-refractivity contribution in [3.63, 3.8) is 0 Å². The largest absolute Gasteiger partial charge is 0.326 e. The van der Waals surface area contributed by atoms with Crippen LogP contribution in [0.5, 0.6) is 0 Å². The van der Waals surface area contributed by atoms with Gasteiger partial charge in [0.15, 0.2) is 5.82 Å². The normalized spacial score (nSPS) is 18.3. The molecule has 0 bridgehead atoms. The molecule has 1 unspecified atom stereocenters. The monoisotopic (exact) mass is 415 g/mol. The maximum atomic E-state index is 15.1. The van der Waals surface area contributed by atoms with Crippen LogP contribution in [0, 0.1) is 18.7 Å². The molecule has 160 valence electrons. The van der Waals surface area contributed by atoms with Crippen LogP contribution in [0.3, 0.4) is 0 Å². The fourth-order valence-electron chi connectivity index (χ4n) is 5.09. The van der Waals surface area contributed by atoms with Gasteiger partial charge in [0, 0.05) is 31.2 Å². The highest BCUT2D eigenvalue weighted by Crippen LogP contribution is 2.38. The van der Waals surface area contributed by atoms with Crippen LogP contribution in [0.15, 0.2) is 48.2 Å².